The second-order valence-corrected chi connectivity index (χ2v) is 12.6. The first-order valence-corrected chi connectivity index (χ1v) is 14.3. The number of hydrogen-bond donors (Lipinski definition) is 1. The molecule has 0 unspecified atom stereocenters. The second kappa shape index (κ2) is 11.7. The van der Waals surface area contributed by atoms with E-state index in [1.165, 1.54) is 7.16 Å². The topological polar surface area (TPSA) is 88.7 Å². The van der Waals surface area contributed by atoms with Crippen molar-refractivity contribution in [3.05, 3.63) is 53.9 Å². The van der Waals surface area contributed by atoms with E-state index in [2.05, 4.69) is 28.3 Å². The van der Waals surface area contributed by atoms with E-state index in [0.717, 1.165) is 49.2 Å². The van der Waals surface area contributed by atoms with Crippen molar-refractivity contribution in [1.29, 1.82) is 0 Å². The molecule has 3 heterocycles. The molecule has 1 fully saturated rings. The van der Waals surface area contributed by atoms with Gasteiger partial charge in [0.2, 0.25) is 0 Å². The summed E-state index contributed by atoms with van der Waals surface area (Å²) >= 11 is 6.36. The molecule has 0 atom stereocenters. The molecule has 0 saturated carbocycles. The van der Waals surface area contributed by atoms with Crippen molar-refractivity contribution in [1.82, 2.24) is 15.0 Å². The predicted octanol–water partition coefficient (Wildman–Crippen LogP) is 2.70. The monoisotopic (exact) mass is 610 g/mol. The van der Waals surface area contributed by atoms with Gasteiger partial charge >= 0.3 is 208 Å². The number of benzene rings is 1. The molecule has 0 aliphatic carbocycles. The van der Waals surface area contributed by atoms with Crippen molar-refractivity contribution in [2.75, 3.05) is 19.6 Å². The van der Waals surface area contributed by atoms with Crippen LogP contribution in [0.4, 0.5) is 0 Å². The fourth-order valence-electron chi connectivity index (χ4n) is 4.01. The minimum absolute atomic E-state index is 0.0320. The molecular formula is C26H30ClIN3O4-. The number of carbonyl (C=O) groups is 1. The summed E-state index contributed by atoms with van der Waals surface area (Å²) in [5.41, 5.74) is 2.59. The van der Waals surface area contributed by atoms with Crippen LogP contribution in [-0.4, -0.2) is 51.9 Å². The zero-order valence-electron chi connectivity index (χ0n) is 20.2. The van der Waals surface area contributed by atoms with Gasteiger partial charge in [-0.05, 0) is 13.8 Å². The third-order valence-electron chi connectivity index (χ3n) is 5.83. The molecule has 2 aromatic rings. The van der Waals surface area contributed by atoms with Crippen LogP contribution >= 0.6 is 11.6 Å². The Kier molecular flexibility index (Phi) is 8.67. The van der Waals surface area contributed by atoms with E-state index in [9.17, 15) is 4.79 Å². The molecule has 2 bridgehead atoms. The summed E-state index contributed by atoms with van der Waals surface area (Å²) in [4.78, 5) is 17.9. The van der Waals surface area contributed by atoms with E-state index in [1.807, 2.05) is 32.9 Å². The first kappa shape index (κ1) is 25.9. The number of carboxylic acids is 1. The molecule has 188 valence electrons. The number of carboxylic acid groups (broad SMARTS) is 1. The Bertz CT molecular complexity index is 1190. The Hall–Kier alpha value is -2.17. The van der Waals surface area contributed by atoms with Gasteiger partial charge in [0, 0.05) is 0 Å². The first-order valence-electron chi connectivity index (χ1n) is 11.8. The van der Waals surface area contributed by atoms with Crippen LogP contribution in [0.3, 0.4) is 0 Å². The van der Waals surface area contributed by atoms with Crippen LogP contribution in [-0.2, 0) is 4.79 Å². The fraction of sp³-hybridized carbons (Fsp3) is 0.423. The van der Waals surface area contributed by atoms with Crippen molar-refractivity contribution in [3.8, 4) is 17.2 Å². The summed E-state index contributed by atoms with van der Waals surface area (Å²) in [6.07, 6.45) is 9.45. The van der Waals surface area contributed by atoms with E-state index in [4.69, 9.17) is 31.0 Å². The Morgan fingerprint density at radius 1 is 1.26 bits per heavy atom. The normalized spacial score (nSPS) is 16.9. The van der Waals surface area contributed by atoms with Gasteiger partial charge in [-0.1, -0.05) is 0 Å². The number of fused-ring (bicyclic) bond motifs is 2. The molecular weight excluding hydrogens is 581 g/mol. The van der Waals surface area contributed by atoms with Gasteiger partial charge in [0.05, 0.1) is 0 Å². The average molecular weight is 611 g/mol. The summed E-state index contributed by atoms with van der Waals surface area (Å²) in [6.45, 7) is 8.60. The molecule has 0 spiro atoms. The van der Waals surface area contributed by atoms with Crippen molar-refractivity contribution >= 4 is 23.1 Å². The molecule has 9 heteroatoms. The Morgan fingerprint density at radius 3 is 2.77 bits per heavy atom. The van der Waals surface area contributed by atoms with E-state index < -0.39 is 5.97 Å². The number of aliphatic carboxylic acids is 1. The molecule has 0 amide bonds. The average Bonchev–Trinajstić information content (AvgIpc) is 3.17. The van der Waals surface area contributed by atoms with Gasteiger partial charge in [0.15, 0.2) is 0 Å². The molecule has 2 aliphatic rings. The third kappa shape index (κ3) is 6.74. The quantitative estimate of drug-likeness (QED) is 0.460. The van der Waals surface area contributed by atoms with E-state index >= 15 is 0 Å². The van der Waals surface area contributed by atoms with Crippen LogP contribution in [0.2, 0.25) is 5.02 Å². The number of aromatic nitrogens is 2. The van der Waals surface area contributed by atoms with Crippen LogP contribution < -0.4 is 25.9 Å². The third-order valence-corrected chi connectivity index (χ3v) is 9.43. The minimum atomic E-state index is -0.729. The predicted molar refractivity (Wildman–Crippen MR) is 132 cm³/mol. The number of rotatable bonds is 8. The summed E-state index contributed by atoms with van der Waals surface area (Å²) < 4.78 is 14.3. The van der Waals surface area contributed by atoms with E-state index in [0.29, 0.717) is 28.9 Å². The van der Waals surface area contributed by atoms with Crippen LogP contribution in [0.5, 0.6) is 5.75 Å². The molecule has 0 radical (unpaired) electrons. The number of nitrogens with zero attached hydrogens (tertiary/aromatic N) is 3. The summed E-state index contributed by atoms with van der Waals surface area (Å²) in [7, 11) is 0. The van der Waals surface area contributed by atoms with Gasteiger partial charge in [0.1, 0.15) is 0 Å². The van der Waals surface area contributed by atoms with Gasteiger partial charge in [-0.3, -0.25) is 0 Å². The van der Waals surface area contributed by atoms with Gasteiger partial charge in [-0.25, -0.2) is 0 Å². The first-order chi connectivity index (χ1) is 16.8. The molecule has 1 N–H and O–H groups in total. The van der Waals surface area contributed by atoms with Gasteiger partial charge in [0.25, 0.3) is 0 Å². The van der Waals surface area contributed by atoms with Crippen LogP contribution in [0.1, 0.15) is 50.9 Å². The van der Waals surface area contributed by atoms with Crippen LogP contribution in [0.25, 0.3) is 17.0 Å². The fourth-order valence-corrected chi connectivity index (χ4v) is 6.98. The molecule has 1 saturated heterocycles. The molecule has 1 aromatic carbocycles. The zero-order chi connectivity index (χ0) is 24.9. The second-order valence-electron chi connectivity index (χ2n) is 8.90. The van der Waals surface area contributed by atoms with Gasteiger partial charge < -0.3 is 0 Å². The van der Waals surface area contributed by atoms with E-state index in [1.54, 1.807) is 0 Å². The number of halogens is 2. The van der Waals surface area contributed by atoms with Crippen LogP contribution in [0, 0.1) is 6.92 Å². The summed E-state index contributed by atoms with van der Waals surface area (Å²) in [5.74, 6) is 0.913. The molecule has 2 aliphatic heterocycles. The maximum atomic E-state index is 10.8. The summed E-state index contributed by atoms with van der Waals surface area (Å²) in [6, 6.07) is 3.75. The van der Waals surface area contributed by atoms with Gasteiger partial charge in [-0.15, -0.1) is 0 Å². The summed E-state index contributed by atoms with van der Waals surface area (Å²) in [5, 5.41) is 13.8. The molecule has 4 rings (SSSR count). The van der Waals surface area contributed by atoms with Crippen molar-refractivity contribution in [2.24, 2.45) is 0 Å². The number of ether oxygens (including phenoxy) is 1. The maximum absolute atomic E-state index is 10.8. The van der Waals surface area contributed by atoms with Gasteiger partial charge in [-0.2, -0.15) is 0 Å². The van der Waals surface area contributed by atoms with Crippen molar-refractivity contribution < 1.29 is 40.4 Å². The Morgan fingerprint density at radius 2 is 2.03 bits per heavy atom. The zero-order valence-corrected chi connectivity index (χ0v) is 23.1. The SMILES string of the molecule is Cc1c(-c2nc(C3=CC=C4CCN(CCCC(=O)O)CCC(=C3)[I-]4)no2)ccc(OC(C)C)c1Cl. The number of allylic oxidation sites excluding steroid dienone is 4. The van der Waals surface area contributed by atoms with E-state index in [-0.39, 0.29) is 33.7 Å². The number of hydrogen-bond acceptors (Lipinski definition) is 6. The van der Waals surface area contributed by atoms with Crippen molar-refractivity contribution in [3.63, 3.8) is 0 Å². The Labute approximate surface area is 221 Å². The Balaban J connectivity index is 1.52. The standard InChI is InChI=1S/C26H30ClIN3O4/c1-16(2)34-22-9-8-21(17(3)24(22)27)26-29-25(30-35-26)18-6-7-19-10-13-31(12-4-5-23(32)33)14-11-20(15-18)28-19/h6-9,15-16H,4-5,10-14H2,1-3H3,(H,32,33)/q-1. The molecule has 35 heavy (non-hydrogen) atoms. The van der Waals surface area contributed by atoms with Crippen molar-refractivity contribution in [2.45, 2.75) is 52.6 Å². The molecule has 1 aromatic heterocycles. The molecule has 7 nitrogen and oxygen atoms in total. The van der Waals surface area contributed by atoms with Crippen LogP contribution in [0.15, 0.2) is 42.0 Å².